The second kappa shape index (κ2) is 14.1. The van der Waals surface area contributed by atoms with Crippen LogP contribution >= 0.6 is 0 Å². The number of benzene rings is 2. The SMILES string of the molecule is COc1ccc(OC(C)[C@]2(C(=O)O)CCCCN2C(=O)[C@H](c2cc(OC)c(OC)c(OC)c2)C2CCCCC2)cc1OC. The van der Waals surface area contributed by atoms with Crippen molar-refractivity contribution in [3.63, 3.8) is 0 Å². The highest BCUT2D eigenvalue weighted by molar-refractivity contribution is 5.92. The molecule has 1 saturated carbocycles. The summed E-state index contributed by atoms with van der Waals surface area (Å²) >= 11 is 0. The van der Waals surface area contributed by atoms with Gasteiger partial charge in [-0.3, -0.25) is 4.79 Å². The Kier molecular flexibility index (Phi) is 10.5. The highest BCUT2D eigenvalue weighted by Gasteiger charge is 2.55. The van der Waals surface area contributed by atoms with Gasteiger partial charge in [0.2, 0.25) is 11.7 Å². The standard InChI is InChI=1S/C33H45NO9/c1-21(43-24-14-15-25(38-2)26(20-24)39-3)33(32(36)37)16-10-11-17-34(33)31(35)29(22-12-8-7-9-13-22)23-18-27(40-4)30(42-6)28(19-23)41-5/h14-15,18-22,29H,7-13,16-17H2,1-6H3,(H,36,37)/t21?,29-,33-/m0/s1. The molecule has 3 atom stereocenters. The fourth-order valence-corrected chi connectivity index (χ4v) is 6.85. The van der Waals surface area contributed by atoms with E-state index in [0.29, 0.717) is 53.9 Å². The number of amides is 1. The Morgan fingerprint density at radius 2 is 1.44 bits per heavy atom. The van der Waals surface area contributed by atoms with Crippen LogP contribution in [0, 0.1) is 5.92 Å². The average Bonchev–Trinajstić information content (AvgIpc) is 3.04. The van der Waals surface area contributed by atoms with Gasteiger partial charge in [-0.2, -0.15) is 0 Å². The zero-order chi connectivity index (χ0) is 31.1. The number of likely N-dealkylation sites (tertiary alicyclic amines) is 1. The summed E-state index contributed by atoms with van der Waals surface area (Å²) in [6, 6.07) is 8.74. The van der Waals surface area contributed by atoms with Gasteiger partial charge in [0.05, 0.1) is 41.5 Å². The summed E-state index contributed by atoms with van der Waals surface area (Å²) in [6.45, 7) is 2.05. The fourth-order valence-electron chi connectivity index (χ4n) is 6.85. The molecule has 2 aromatic rings. The minimum absolute atomic E-state index is 0.0413. The summed E-state index contributed by atoms with van der Waals surface area (Å²) in [5.74, 6) is 0.942. The molecule has 0 bridgehead atoms. The monoisotopic (exact) mass is 599 g/mol. The number of ether oxygens (including phenoxy) is 6. The van der Waals surface area contributed by atoms with Gasteiger partial charge in [0.1, 0.15) is 11.9 Å². The number of rotatable bonds is 12. The Bertz CT molecular complexity index is 1250. The van der Waals surface area contributed by atoms with Gasteiger partial charge in [0, 0.05) is 12.6 Å². The number of aliphatic carboxylic acids is 1. The van der Waals surface area contributed by atoms with E-state index in [1.807, 2.05) is 12.1 Å². The lowest BCUT2D eigenvalue weighted by atomic mass is 9.74. The minimum atomic E-state index is -1.57. The van der Waals surface area contributed by atoms with Crippen LogP contribution in [0.5, 0.6) is 34.5 Å². The lowest BCUT2D eigenvalue weighted by Crippen LogP contribution is -2.67. The van der Waals surface area contributed by atoms with Crippen LogP contribution in [-0.2, 0) is 9.59 Å². The molecule has 1 N–H and O–H groups in total. The number of carboxylic acid groups (broad SMARTS) is 1. The highest BCUT2D eigenvalue weighted by atomic mass is 16.5. The summed E-state index contributed by atoms with van der Waals surface area (Å²) in [5.41, 5.74) is -0.847. The number of nitrogens with zero attached hydrogens (tertiary/aromatic N) is 1. The molecule has 10 heteroatoms. The number of hydrogen-bond donors (Lipinski definition) is 1. The van der Waals surface area contributed by atoms with Crippen molar-refractivity contribution in [3.8, 4) is 34.5 Å². The maximum atomic E-state index is 14.9. The minimum Gasteiger partial charge on any atom is -0.493 e. The molecule has 1 saturated heterocycles. The summed E-state index contributed by atoms with van der Waals surface area (Å²) < 4.78 is 33.9. The van der Waals surface area contributed by atoms with Crippen molar-refractivity contribution in [1.82, 2.24) is 4.90 Å². The first-order valence-corrected chi connectivity index (χ1v) is 15.0. The van der Waals surface area contributed by atoms with Crippen LogP contribution in [0.2, 0.25) is 0 Å². The van der Waals surface area contributed by atoms with E-state index >= 15 is 0 Å². The summed E-state index contributed by atoms with van der Waals surface area (Å²) in [4.78, 5) is 29.7. The predicted molar refractivity (Wildman–Crippen MR) is 161 cm³/mol. The molecule has 1 amide bonds. The van der Waals surface area contributed by atoms with Crippen molar-refractivity contribution in [2.45, 2.75) is 75.9 Å². The zero-order valence-electron chi connectivity index (χ0n) is 26.1. The molecule has 0 aromatic heterocycles. The summed E-state index contributed by atoms with van der Waals surface area (Å²) in [5, 5.41) is 10.9. The van der Waals surface area contributed by atoms with Crippen molar-refractivity contribution >= 4 is 11.9 Å². The fraction of sp³-hybridized carbons (Fsp3) is 0.576. The lowest BCUT2D eigenvalue weighted by molar-refractivity contribution is -0.171. The van der Waals surface area contributed by atoms with Crippen LogP contribution in [0.15, 0.2) is 30.3 Å². The maximum absolute atomic E-state index is 14.9. The Morgan fingerprint density at radius 1 is 0.814 bits per heavy atom. The molecule has 2 fully saturated rings. The van der Waals surface area contributed by atoms with Crippen LogP contribution < -0.4 is 28.4 Å². The summed E-state index contributed by atoms with van der Waals surface area (Å²) in [7, 11) is 7.71. The van der Waals surface area contributed by atoms with E-state index in [0.717, 1.165) is 37.7 Å². The van der Waals surface area contributed by atoms with Gasteiger partial charge in [-0.05, 0) is 74.8 Å². The van der Waals surface area contributed by atoms with E-state index in [-0.39, 0.29) is 18.2 Å². The third-order valence-electron chi connectivity index (χ3n) is 9.08. The van der Waals surface area contributed by atoms with Crippen LogP contribution in [-0.4, -0.2) is 75.6 Å². The van der Waals surface area contributed by atoms with Crippen molar-refractivity contribution in [3.05, 3.63) is 35.9 Å². The first-order chi connectivity index (χ1) is 20.7. The molecule has 2 aromatic carbocycles. The molecular formula is C33H45NO9. The molecule has 236 valence electrons. The van der Waals surface area contributed by atoms with Gasteiger partial charge in [0.25, 0.3) is 0 Å². The van der Waals surface area contributed by atoms with E-state index in [2.05, 4.69) is 0 Å². The van der Waals surface area contributed by atoms with Crippen LogP contribution in [0.25, 0.3) is 0 Å². The van der Waals surface area contributed by atoms with Gasteiger partial charge in [-0.15, -0.1) is 0 Å². The Balaban J connectivity index is 1.78. The number of hydrogen-bond acceptors (Lipinski definition) is 8. The molecule has 1 aliphatic carbocycles. The molecule has 43 heavy (non-hydrogen) atoms. The average molecular weight is 600 g/mol. The zero-order valence-corrected chi connectivity index (χ0v) is 26.1. The maximum Gasteiger partial charge on any atom is 0.333 e. The van der Waals surface area contributed by atoms with Crippen molar-refractivity contribution in [2.75, 3.05) is 42.1 Å². The predicted octanol–water partition coefficient (Wildman–Crippen LogP) is 5.70. The van der Waals surface area contributed by atoms with Gasteiger partial charge in [-0.1, -0.05) is 19.3 Å². The quantitative estimate of drug-likeness (QED) is 0.328. The first-order valence-electron chi connectivity index (χ1n) is 15.0. The molecule has 4 rings (SSSR count). The molecule has 10 nitrogen and oxygen atoms in total. The van der Waals surface area contributed by atoms with E-state index in [1.54, 1.807) is 58.5 Å². The second-order valence-corrected chi connectivity index (χ2v) is 11.3. The molecule has 1 aliphatic heterocycles. The first kappa shape index (κ1) is 32.1. The van der Waals surface area contributed by atoms with Crippen molar-refractivity contribution in [1.29, 1.82) is 0 Å². The molecule has 2 aliphatic rings. The topological polar surface area (TPSA) is 113 Å². The third-order valence-corrected chi connectivity index (χ3v) is 9.08. The van der Waals surface area contributed by atoms with Crippen LogP contribution in [0.1, 0.15) is 69.8 Å². The summed E-state index contributed by atoms with van der Waals surface area (Å²) in [6.07, 6.45) is 5.67. The molecule has 0 spiro atoms. The van der Waals surface area contributed by atoms with E-state index in [4.69, 9.17) is 28.4 Å². The van der Waals surface area contributed by atoms with Gasteiger partial charge in [0.15, 0.2) is 28.5 Å². The van der Waals surface area contributed by atoms with Crippen LogP contribution in [0.3, 0.4) is 0 Å². The van der Waals surface area contributed by atoms with Crippen molar-refractivity contribution < 1.29 is 43.1 Å². The molecular weight excluding hydrogens is 554 g/mol. The Morgan fingerprint density at radius 3 is 2.00 bits per heavy atom. The Labute approximate surface area is 254 Å². The highest BCUT2D eigenvalue weighted by Crippen LogP contribution is 2.46. The second-order valence-electron chi connectivity index (χ2n) is 11.3. The van der Waals surface area contributed by atoms with Gasteiger partial charge in [-0.25, -0.2) is 4.79 Å². The van der Waals surface area contributed by atoms with Gasteiger partial charge >= 0.3 is 5.97 Å². The number of piperidine rings is 1. The van der Waals surface area contributed by atoms with Crippen molar-refractivity contribution in [2.24, 2.45) is 5.92 Å². The lowest BCUT2D eigenvalue weighted by Gasteiger charge is -2.49. The van der Waals surface area contributed by atoms with E-state index < -0.39 is 23.5 Å². The number of carbonyl (C=O) groups is 2. The van der Waals surface area contributed by atoms with Gasteiger partial charge < -0.3 is 38.4 Å². The third kappa shape index (κ3) is 6.28. The smallest absolute Gasteiger partial charge is 0.333 e. The number of methoxy groups -OCH3 is 5. The van der Waals surface area contributed by atoms with E-state index in [1.165, 1.54) is 7.11 Å². The molecule has 1 unspecified atom stereocenters. The number of carbonyl (C=O) groups excluding carboxylic acids is 1. The van der Waals surface area contributed by atoms with E-state index in [9.17, 15) is 14.7 Å². The Hall–Kier alpha value is -3.82. The number of carboxylic acids is 1. The normalized spacial score (nSPS) is 20.5. The largest absolute Gasteiger partial charge is 0.493 e. The van der Waals surface area contributed by atoms with Crippen LogP contribution in [0.4, 0.5) is 0 Å². The molecule has 0 radical (unpaired) electrons. The molecule has 1 heterocycles.